The van der Waals surface area contributed by atoms with Crippen molar-refractivity contribution < 1.29 is 14.3 Å². The number of ketones is 1. The van der Waals surface area contributed by atoms with Crippen LogP contribution in [-0.2, 0) is 14.3 Å². The lowest BCUT2D eigenvalue weighted by Gasteiger charge is -2.16. The molecule has 0 N–H and O–H groups in total. The average molecular weight is 140 g/mol. The van der Waals surface area contributed by atoms with Gasteiger partial charge in [0.25, 0.3) is 0 Å². The Morgan fingerprint density at radius 3 is 2.50 bits per heavy atom. The van der Waals surface area contributed by atoms with Gasteiger partial charge in [-0.25, -0.2) is 4.79 Å². The number of allylic oxidation sites excluding steroid dienone is 1. The highest BCUT2D eigenvalue weighted by Crippen LogP contribution is 2.23. The minimum absolute atomic E-state index is 0.0420. The molecular formula is C7H8O3. The highest BCUT2D eigenvalue weighted by Gasteiger charge is 2.28. The number of hydrogen-bond acceptors (Lipinski definition) is 3. The van der Waals surface area contributed by atoms with Crippen molar-refractivity contribution in [3.63, 3.8) is 0 Å². The predicted octanol–water partition coefficient (Wildman–Crippen LogP) is 0.449. The Labute approximate surface area is 58.7 Å². The first-order valence-electron chi connectivity index (χ1n) is 2.98. The van der Waals surface area contributed by atoms with E-state index in [9.17, 15) is 9.59 Å². The van der Waals surface area contributed by atoms with Crippen molar-refractivity contribution in [2.75, 3.05) is 7.11 Å². The fourth-order valence-corrected chi connectivity index (χ4v) is 0.836. The molecule has 0 fully saturated rings. The van der Waals surface area contributed by atoms with Crippen LogP contribution < -0.4 is 0 Å². The molecule has 0 atom stereocenters. The van der Waals surface area contributed by atoms with Gasteiger partial charge in [-0.3, -0.25) is 4.79 Å². The van der Waals surface area contributed by atoms with Gasteiger partial charge in [0.2, 0.25) is 0 Å². The predicted molar refractivity (Wildman–Crippen MR) is 34.3 cm³/mol. The summed E-state index contributed by atoms with van der Waals surface area (Å²) in [7, 11) is 1.31. The maximum atomic E-state index is 10.7. The fraction of sp³-hybridized carbons (Fsp3) is 0.429. The molecule has 1 aliphatic rings. The summed E-state index contributed by atoms with van der Waals surface area (Å²) in [4.78, 5) is 21.3. The number of rotatable bonds is 1. The number of ether oxygens (including phenoxy) is 1. The van der Waals surface area contributed by atoms with E-state index in [2.05, 4.69) is 4.74 Å². The van der Waals surface area contributed by atoms with Crippen LogP contribution >= 0.6 is 0 Å². The number of hydrogen-bond donors (Lipinski definition) is 0. The molecule has 0 amide bonds. The average Bonchev–Trinajstić information content (AvgIpc) is 1.98. The molecule has 0 aliphatic heterocycles. The van der Waals surface area contributed by atoms with Gasteiger partial charge in [0.15, 0.2) is 5.78 Å². The molecule has 1 aliphatic carbocycles. The molecular weight excluding hydrogens is 132 g/mol. The number of methoxy groups -OCH3 is 1. The second kappa shape index (κ2) is 2.25. The second-order valence-corrected chi connectivity index (χ2v) is 2.20. The summed E-state index contributed by atoms with van der Waals surface area (Å²) in [6.45, 7) is 1.64. The summed E-state index contributed by atoms with van der Waals surface area (Å²) in [5, 5.41) is 0. The molecule has 1 rings (SSSR count). The van der Waals surface area contributed by atoms with Crippen molar-refractivity contribution in [3.05, 3.63) is 11.1 Å². The number of Topliss-reactive ketones (excluding diaryl/α,β-unsaturated/α-hetero) is 1. The van der Waals surface area contributed by atoms with E-state index < -0.39 is 0 Å². The Balaban J connectivity index is 2.78. The van der Waals surface area contributed by atoms with Crippen LogP contribution in [0.1, 0.15) is 13.3 Å². The number of esters is 1. The van der Waals surface area contributed by atoms with Crippen LogP contribution in [-0.4, -0.2) is 18.9 Å². The van der Waals surface area contributed by atoms with E-state index in [0.717, 1.165) is 0 Å². The van der Waals surface area contributed by atoms with Gasteiger partial charge in [0, 0.05) is 12.0 Å². The van der Waals surface area contributed by atoms with Gasteiger partial charge in [0.05, 0.1) is 12.7 Å². The first-order chi connectivity index (χ1) is 4.66. The van der Waals surface area contributed by atoms with Gasteiger partial charge in [0.1, 0.15) is 0 Å². The van der Waals surface area contributed by atoms with Crippen molar-refractivity contribution in [2.45, 2.75) is 13.3 Å². The van der Waals surface area contributed by atoms with Gasteiger partial charge in [-0.15, -0.1) is 0 Å². The molecule has 54 valence electrons. The van der Waals surface area contributed by atoms with Crippen LogP contribution in [0.4, 0.5) is 0 Å². The molecule has 0 bridgehead atoms. The van der Waals surface area contributed by atoms with Gasteiger partial charge in [-0.05, 0) is 6.92 Å². The third kappa shape index (κ3) is 0.835. The number of carbonyl (C=O) groups is 2. The first-order valence-corrected chi connectivity index (χ1v) is 2.98. The molecule has 10 heavy (non-hydrogen) atoms. The molecule has 3 nitrogen and oxygen atoms in total. The van der Waals surface area contributed by atoms with Crippen molar-refractivity contribution in [1.29, 1.82) is 0 Å². The minimum Gasteiger partial charge on any atom is -0.466 e. The van der Waals surface area contributed by atoms with Crippen LogP contribution in [0.2, 0.25) is 0 Å². The normalized spacial score (nSPS) is 16.8. The van der Waals surface area contributed by atoms with Crippen molar-refractivity contribution in [3.8, 4) is 0 Å². The maximum absolute atomic E-state index is 10.7. The smallest absolute Gasteiger partial charge is 0.334 e. The van der Waals surface area contributed by atoms with Crippen molar-refractivity contribution in [2.24, 2.45) is 0 Å². The van der Waals surface area contributed by atoms with Crippen molar-refractivity contribution >= 4 is 11.8 Å². The first kappa shape index (κ1) is 6.99. The Hall–Kier alpha value is -1.12. The Kier molecular flexibility index (Phi) is 1.57. The van der Waals surface area contributed by atoms with Crippen LogP contribution in [0.15, 0.2) is 11.1 Å². The zero-order valence-electron chi connectivity index (χ0n) is 5.93. The molecule has 0 unspecified atom stereocenters. The molecule has 0 heterocycles. The van der Waals surface area contributed by atoms with E-state index in [1.54, 1.807) is 6.92 Å². The van der Waals surface area contributed by atoms with Crippen LogP contribution in [0, 0.1) is 0 Å². The lowest BCUT2D eigenvalue weighted by atomic mass is 9.88. The quantitative estimate of drug-likeness (QED) is 0.496. The molecule has 0 aromatic rings. The Bertz CT molecular complexity index is 225. The zero-order chi connectivity index (χ0) is 7.72. The van der Waals surface area contributed by atoms with Crippen LogP contribution in [0.3, 0.4) is 0 Å². The SMILES string of the molecule is COC(=O)C1=C(C)C(=O)C1. The standard InChI is InChI=1S/C7H8O3/c1-4-5(3-6(4)8)7(9)10-2/h3H2,1-2H3. The fourth-order valence-electron chi connectivity index (χ4n) is 0.836. The van der Waals surface area contributed by atoms with Crippen LogP contribution in [0.5, 0.6) is 0 Å². The van der Waals surface area contributed by atoms with Gasteiger partial charge in [-0.2, -0.15) is 0 Å². The Morgan fingerprint density at radius 2 is 2.20 bits per heavy atom. The summed E-state index contributed by atoms with van der Waals surface area (Å²) in [5.74, 6) is -0.336. The summed E-state index contributed by atoms with van der Waals surface area (Å²) in [5.41, 5.74) is 1.07. The summed E-state index contributed by atoms with van der Waals surface area (Å²) >= 11 is 0. The van der Waals surface area contributed by atoms with E-state index >= 15 is 0 Å². The Morgan fingerprint density at radius 1 is 1.60 bits per heavy atom. The minimum atomic E-state index is -0.378. The lowest BCUT2D eigenvalue weighted by molar-refractivity contribution is -0.138. The molecule has 0 aromatic heterocycles. The van der Waals surface area contributed by atoms with Crippen molar-refractivity contribution in [1.82, 2.24) is 0 Å². The van der Waals surface area contributed by atoms with E-state index in [0.29, 0.717) is 11.1 Å². The highest BCUT2D eigenvalue weighted by molar-refractivity contribution is 6.14. The van der Waals surface area contributed by atoms with E-state index in [1.165, 1.54) is 7.11 Å². The van der Waals surface area contributed by atoms with Gasteiger partial charge >= 0.3 is 5.97 Å². The van der Waals surface area contributed by atoms with E-state index in [1.807, 2.05) is 0 Å². The van der Waals surface area contributed by atoms with Gasteiger partial charge in [-0.1, -0.05) is 0 Å². The molecule has 0 aromatic carbocycles. The van der Waals surface area contributed by atoms with Gasteiger partial charge < -0.3 is 4.74 Å². The summed E-state index contributed by atoms with van der Waals surface area (Å²) < 4.78 is 4.42. The molecule has 0 saturated carbocycles. The molecule has 3 heteroatoms. The zero-order valence-corrected chi connectivity index (χ0v) is 5.93. The molecule has 0 saturated heterocycles. The van der Waals surface area contributed by atoms with E-state index in [4.69, 9.17) is 0 Å². The largest absolute Gasteiger partial charge is 0.466 e. The topological polar surface area (TPSA) is 43.4 Å². The van der Waals surface area contributed by atoms with E-state index in [-0.39, 0.29) is 18.2 Å². The molecule has 0 radical (unpaired) electrons. The monoisotopic (exact) mass is 140 g/mol. The molecule has 0 spiro atoms. The number of carbonyl (C=O) groups excluding carboxylic acids is 2. The lowest BCUT2D eigenvalue weighted by Crippen LogP contribution is -2.22. The third-order valence-electron chi connectivity index (χ3n) is 1.64. The second-order valence-electron chi connectivity index (χ2n) is 2.20. The summed E-state index contributed by atoms with van der Waals surface area (Å²) in [6, 6.07) is 0. The maximum Gasteiger partial charge on any atom is 0.334 e. The summed E-state index contributed by atoms with van der Waals surface area (Å²) in [6.07, 6.45) is 0.249. The third-order valence-corrected chi connectivity index (χ3v) is 1.64. The highest BCUT2D eigenvalue weighted by atomic mass is 16.5. The van der Waals surface area contributed by atoms with Crippen LogP contribution in [0.25, 0.3) is 0 Å².